The molecule has 1 saturated carbocycles. The number of carbonyl (C=O) groups excluding carboxylic acids is 1. The van der Waals surface area contributed by atoms with Crippen LogP contribution in [0.1, 0.15) is 40.0 Å². The lowest BCUT2D eigenvalue weighted by Crippen LogP contribution is -2.45. The third-order valence-electron chi connectivity index (χ3n) is 3.38. The Kier molecular flexibility index (Phi) is 2.86. The first-order valence-electron chi connectivity index (χ1n) is 6.13. The minimum Gasteiger partial charge on any atom is -0.444 e. The average Bonchev–Trinajstić information content (AvgIpc) is 2.71. The van der Waals surface area contributed by atoms with E-state index >= 15 is 0 Å². The van der Waals surface area contributed by atoms with E-state index in [9.17, 15) is 4.79 Å². The molecule has 1 atom stereocenters. The number of nitrogens with one attached hydrogen (secondary N) is 2. The van der Waals surface area contributed by atoms with Gasteiger partial charge < -0.3 is 15.4 Å². The molecule has 16 heavy (non-hydrogen) atoms. The maximum atomic E-state index is 11.7. The summed E-state index contributed by atoms with van der Waals surface area (Å²) >= 11 is 0. The Labute approximate surface area is 97.1 Å². The molecule has 2 N–H and O–H groups in total. The Morgan fingerprint density at radius 3 is 2.56 bits per heavy atom. The predicted molar refractivity (Wildman–Crippen MR) is 62.3 cm³/mol. The Balaban J connectivity index is 1.86. The summed E-state index contributed by atoms with van der Waals surface area (Å²) in [5.74, 6) is 0.583. The standard InChI is InChI=1S/C12H22N2O2/c1-11(2,3)16-10(15)14-12(5-6-12)9-4-7-13-8-9/h9,13H,4-8H2,1-3H3,(H,14,15)/t9-/m0/s1. The van der Waals surface area contributed by atoms with E-state index in [1.165, 1.54) is 0 Å². The molecule has 1 aliphatic heterocycles. The zero-order valence-electron chi connectivity index (χ0n) is 10.4. The highest BCUT2D eigenvalue weighted by Gasteiger charge is 2.51. The van der Waals surface area contributed by atoms with Crippen LogP contribution < -0.4 is 10.6 Å². The zero-order valence-corrected chi connectivity index (χ0v) is 10.4. The van der Waals surface area contributed by atoms with Crippen LogP contribution in [0.25, 0.3) is 0 Å². The molecular weight excluding hydrogens is 204 g/mol. The van der Waals surface area contributed by atoms with Crippen LogP contribution >= 0.6 is 0 Å². The highest BCUT2D eigenvalue weighted by molar-refractivity contribution is 5.69. The first-order chi connectivity index (χ1) is 7.41. The summed E-state index contributed by atoms with van der Waals surface area (Å²) in [6.45, 7) is 7.77. The van der Waals surface area contributed by atoms with Gasteiger partial charge in [0.05, 0.1) is 0 Å². The van der Waals surface area contributed by atoms with Crippen LogP contribution in [0, 0.1) is 5.92 Å². The summed E-state index contributed by atoms with van der Waals surface area (Å²) in [7, 11) is 0. The summed E-state index contributed by atoms with van der Waals surface area (Å²) < 4.78 is 5.30. The summed E-state index contributed by atoms with van der Waals surface area (Å²) in [6, 6.07) is 0. The van der Waals surface area contributed by atoms with E-state index in [1.807, 2.05) is 20.8 Å². The molecule has 4 nitrogen and oxygen atoms in total. The third kappa shape index (κ3) is 2.67. The molecule has 0 radical (unpaired) electrons. The Morgan fingerprint density at radius 1 is 1.44 bits per heavy atom. The smallest absolute Gasteiger partial charge is 0.408 e. The Hall–Kier alpha value is -0.770. The van der Waals surface area contributed by atoms with Gasteiger partial charge in [-0.15, -0.1) is 0 Å². The van der Waals surface area contributed by atoms with Gasteiger partial charge in [0.15, 0.2) is 0 Å². The maximum absolute atomic E-state index is 11.7. The van der Waals surface area contributed by atoms with Crippen LogP contribution in [0.2, 0.25) is 0 Å². The largest absolute Gasteiger partial charge is 0.444 e. The van der Waals surface area contributed by atoms with Crippen LogP contribution in [0.5, 0.6) is 0 Å². The first kappa shape index (κ1) is 11.7. The highest BCUT2D eigenvalue weighted by atomic mass is 16.6. The fourth-order valence-electron chi connectivity index (χ4n) is 2.40. The quantitative estimate of drug-likeness (QED) is 0.753. The van der Waals surface area contributed by atoms with Crippen molar-refractivity contribution >= 4 is 6.09 Å². The normalized spacial score (nSPS) is 27.6. The average molecular weight is 226 g/mol. The van der Waals surface area contributed by atoms with Gasteiger partial charge in [0.1, 0.15) is 5.60 Å². The summed E-state index contributed by atoms with van der Waals surface area (Å²) in [4.78, 5) is 11.7. The summed E-state index contributed by atoms with van der Waals surface area (Å²) in [5, 5.41) is 6.41. The van der Waals surface area contributed by atoms with E-state index in [1.54, 1.807) is 0 Å². The Morgan fingerprint density at radius 2 is 2.12 bits per heavy atom. The molecule has 1 amide bonds. The van der Waals surface area contributed by atoms with Crippen molar-refractivity contribution in [1.29, 1.82) is 0 Å². The number of carbonyl (C=O) groups is 1. The van der Waals surface area contributed by atoms with Crippen molar-refractivity contribution in [2.45, 2.75) is 51.2 Å². The Bertz CT molecular complexity index is 273. The van der Waals surface area contributed by atoms with E-state index in [4.69, 9.17) is 4.74 Å². The van der Waals surface area contributed by atoms with Crippen LogP contribution in [-0.4, -0.2) is 30.3 Å². The van der Waals surface area contributed by atoms with Gasteiger partial charge in [0.2, 0.25) is 0 Å². The van der Waals surface area contributed by atoms with Crippen molar-refractivity contribution in [3.05, 3.63) is 0 Å². The van der Waals surface area contributed by atoms with E-state index < -0.39 is 5.60 Å². The van der Waals surface area contributed by atoms with E-state index in [0.717, 1.165) is 32.4 Å². The zero-order chi connectivity index (χ0) is 11.8. The lowest BCUT2D eigenvalue weighted by molar-refractivity contribution is 0.0477. The second-order valence-electron chi connectivity index (χ2n) is 5.97. The number of ether oxygens (including phenoxy) is 1. The minimum atomic E-state index is -0.409. The molecule has 4 heteroatoms. The molecule has 1 heterocycles. The molecule has 0 aromatic rings. The first-order valence-corrected chi connectivity index (χ1v) is 6.13. The molecule has 0 aromatic carbocycles. The van der Waals surface area contributed by atoms with Crippen molar-refractivity contribution < 1.29 is 9.53 Å². The predicted octanol–water partition coefficient (Wildman–Crippen LogP) is 1.65. The molecule has 2 aliphatic rings. The number of amides is 1. The molecular formula is C12H22N2O2. The fraction of sp³-hybridized carbons (Fsp3) is 0.917. The molecule has 92 valence electrons. The molecule has 0 aromatic heterocycles. The fourth-order valence-corrected chi connectivity index (χ4v) is 2.40. The molecule has 0 unspecified atom stereocenters. The minimum absolute atomic E-state index is 0.0336. The van der Waals surface area contributed by atoms with Gasteiger partial charge in [-0.25, -0.2) is 4.79 Å². The van der Waals surface area contributed by atoms with Gasteiger partial charge in [-0.1, -0.05) is 0 Å². The molecule has 0 spiro atoms. The van der Waals surface area contributed by atoms with Gasteiger partial charge in [0, 0.05) is 12.1 Å². The van der Waals surface area contributed by atoms with Crippen LogP contribution in [0.4, 0.5) is 4.79 Å². The lowest BCUT2D eigenvalue weighted by atomic mass is 9.96. The molecule has 1 saturated heterocycles. The number of hydrogen-bond donors (Lipinski definition) is 2. The third-order valence-corrected chi connectivity index (χ3v) is 3.38. The van der Waals surface area contributed by atoms with Gasteiger partial charge in [-0.2, -0.15) is 0 Å². The van der Waals surface area contributed by atoms with Crippen LogP contribution in [-0.2, 0) is 4.74 Å². The number of hydrogen-bond acceptors (Lipinski definition) is 3. The van der Waals surface area contributed by atoms with Gasteiger partial charge in [-0.05, 0) is 52.5 Å². The van der Waals surface area contributed by atoms with E-state index in [-0.39, 0.29) is 11.6 Å². The molecule has 2 fully saturated rings. The molecule has 2 rings (SSSR count). The number of alkyl carbamates (subject to hydrolysis) is 1. The van der Waals surface area contributed by atoms with Gasteiger partial charge >= 0.3 is 6.09 Å². The van der Waals surface area contributed by atoms with Crippen LogP contribution in [0.15, 0.2) is 0 Å². The van der Waals surface area contributed by atoms with Crippen LogP contribution in [0.3, 0.4) is 0 Å². The van der Waals surface area contributed by atoms with Crippen molar-refractivity contribution in [3.63, 3.8) is 0 Å². The topological polar surface area (TPSA) is 50.4 Å². The van der Waals surface area contributed by atoms with E-state index in [2.05, 4.69) is 10.6 Å². The van der Waals surface area contributed by atoms with E-state index in [0.29, 0.717) is 5.92 Å². The number of rotatable bonds is 2. The van der Waals surface area contributed by atoms with Crippen molar-refractivity contribution in [3.8, 4) is 0 Å². The highest BCUT2D eigenvalue weighted by Crippen LogP contribution is 2.44. The summed E-state index contributed by atoms with van der Waals surface area (Å²) in [6.07, 6.45) is 3.09. The van der Waals surface area contributed by atoms with Crippen molar-refractivity contribution in [2.75, 3.05) is 13.1 Å². The lowest BCUT2D eigenvalue weighted by Gasteiger charge is -2.26. The van der Waals surface area contributed by atoms with Gasteiger partial charge in [-0.3, -0.25) is 0 Å². The maximum Gasteiger partial charge on any atom is 0.408 e. The van der Waals surface area contributed by atoms with Crippen molar-refractivity contribution in [2.24, 2.45) is 5.92 Å². The SMILES string of the molecule is CC(C)(C)OC(=O)NC1([C@H]2CCNC2)CC1. The monoisotopic (exact) mass is 226 g/mol. The van der Waals surface area contributed by atoms with Crippen molar-refractivity contribution in [1.82, 2.24) is 10.6 Å². The summed E-state index contributed by atoms with van der Waals surface area (Å²) in [5.41, 5.74) is -0.375. The second kappa shape index (κ2) is 3.91. The molecule has 1 aliphatic carbocycles. The second-order valence-corrected chi connectivity index (χ2v) is 5.97. The van der Waals surface area contributed by atoms with Gasteiger partial charge in [0.25, 0.3) is 0 Å². The molecule has 0 bridgehead atoms.